The molecule has 20 heavy (non-hydrogen) atoms. The van der Waals surface area contributed by atoms with Crippen LogP contribution in [0.3, 0.4) is 0 Å². The SMILES string of the molecule is Cc1ccccc1-c1c(-c2ccn(C)n2)nn(C)c1N. The van der Waals surface area contributed by atoms with Crippen molar-refractivity contribution in [1.29, 1.82) is 0 Å². The lowest BCUT2D eigenvalue weighted by molar-refractivity contribution is 0.760. The molecule has 0 atom stereocenters. The molecule has 3 aromatic rings. The Labute approximate surface area is 117 Å². The molecule has 0 saturated carbocycles. The summed E-state index contributed by atoms with van der Waals surface area (Å²) in [5, 5.41) is 8.96. The van der Waals surface area contributed by atoms with Crippen molar-refractivity contribution in [2.45, 2.75) is 6.92 Å². The van der Waals surface area contributed by atoms with Crippen molar-refractivity contribution >= 4 is 5.82 Å². The van der Waals surface area contributed by atoms with Gasteiger partial charge in [-0.25, -0.2) is 0 Å². The second kappa shape index (κ2) is 4.52. The molecule has 0 bridgehead atoms. The minimum Gasteiger partial charge on any atom is -0.383 e. The third-order valence-electron chi connectivity index (χ3n) is 3.46. The van der Waals surface area contributed by atoms with Crippen molar-refractivity contribution < 1.29 is 0 Å². The van der Waals surface area contributed by atoms with E-state index in [0.717, 1.165) is 22.5 Å². The van der Waals surface area contributed by atoms with Gasteiger partial charge in [0.05, 0.1) is 5.56 Å². The Hall–Kier alpha value is -2.56. The Morgan fingerprint density at radius 3 is 2.45 bits per heavy atom. The maximum absolute atomic E-state index is 6.21. The van der Waals surface area contributed by atoms with Crippen LogP contribution in [0.5, 0.6) is 0 Å². The predicted molar refractivity (Wildman–Crippen MR) is 80.0 cm³/mol. The van der Waals surface area contributed by atoms with Gasteiger partial charge in [0.2, 0.25) is 0 Å². The van der Waals surface area contributed by atoms with Crippen LogP contribution in [0.15, 0.2) is 36.5 Å². The molecular formula is C15H17N5. The number of hydrogen-bond acceptors (Lipinski definition) is 3. The standard InChI is InChI=1S/C15H17N5/c1-10-6-4-5-7-11(10)13-14(18-20(3)15(13)16)12-8-9-19(2)17-12/h4-9H,16H2,1-3H3. The largest absolute Gasteiger partial charge is 0.383 e. The molecule has 102 valence electrons. The normalized spacial score (nSPS) is 10.9. The molecule has 0 amide bonds. The zero-order chi connectivity index (χ0) is 14.3. The number of benzene rings is 1. The van der Waals surface area contributed by atoms with Crippen LogP contribution in [0.2, 0.25) is 0 Å². The monoisotopic (exact) mass is 267 g/mol. The van der Waals surface area contributed by atoms with Crippen LogP contribution in [0.25, 0.3) is 22.5 Å². The summed E-state index contributed by atoms with van der Waals surface area (Å²) in [6, 6.07) is 10.1. The second-order valence-electron chi connectivity index (χ2n) is 4.92. The lowest BCUT2D eigenvalue weighted by Crippen LogP contribution is -1.98. The Balaban J connectivity index is 2.28. The lowest BCUT2D eigenvalue weighted by Gasteiger charge is -2.06. The van der Waals surface area contributed by atoms with E-state index in [0.29, 0.717) is 5.82 Å². The predicted octanol–water partition coefficient (Wildman–Crippen LogP) is 2.38. The number of nitrogens with zero attached hydrogens (tertiary/aromatic N) is 4. The quantitative estimate of drug-likeness (QED) is 0.775. The molecule has 0 unspecified atom stereocenters. The zero-order valence-electron chi connectivity index (χ0n) is 11.8. The molecule has 3 rings (SSSR count). The van der Waals surface area contributed by atoms with E-state index in [9.17, 15) is 0 Å². The Morgan fingerprint density at radius 1 is 1.05 bits per heavy atom. The molecule has 1 aromatic carbocycles. The first-order valence-electron chi connectivity index (χ1n) is 6.46. The maximum Gasteiger partial charge on any atom is 0.129 e. The van der Waals surface area contributed by atoms with Crippen LogP contribution in [0, 0.1) is 6.92 Å². The molecule has 0 aliphatic heterocycles. The van der Waals surface area contributed by atoms with E-state index in [1.165, 1.54) is 5.56 Å². The third kappa shape index (κ3) is 1.87. The molecule has 0 saturated heterocycles. The highest BCUT2D eigenvalue weighted by Crippen LogP contribution is 2.36. The number of nitrogens with two attached hydrogens (primary N) is 1. The topological polar surface area (TPSA) is 61.7 Å². The first-order chi connectivity index (χ1) is 9.58. The number of hydrogen-bond donors (Lipinski definition) is 1. The van der Waals surface area contributed by atoms with Gasteiger partial charge in [-0.15, -0.1) is 0 Å². The summed E-state index contributed by atoms with van der Waals surface area (Å²) in [7, 11) is 3.74. The summed E-state index contributed by atoms with van der Waals surface area (Å²) < 4.78 is 3.47. The second-order valence-corrected chi connectivity index (χ2v) is 4.92. The molecule has 0 aliphatic rings. The average Bonchev–Trinajstić information content (AvgIpc) is 2.96. The fraction of sp³-hybridized carbons (Fsp3) is 0.200. The van der Waals surface area contributed by atoms with Gasteiger partial charge in [0.25, 0.3) is 0 Å². The summed E-state index contributed by atoms with van der Waals surface area (Å²) in [4.78, 5) is 0. The highest BCUT2D eigenvalue weighted by Gasteiger charge is 2.19. The van der Waals surface area contributed by atoms with E-state index >= 15 is 0 Å². The van der Waals surface area contributed by atoms with Crippen LogP contribution >= 0.6 is 0 Å². The molecule has 5 nitrogen and oxygen atoms in total. The Kier molecular flexibility index (Phi) is 2.82. The first kappa shape index (κ1) is 12.5. The van der Waals surface area contributed by atoms with Gasteiger partial charge in [-0.3, -0.25) is 9.36 Å². The van der Waals surface area contributed by atoms with E-state index in [-0.39, 0.29) is 0 Å². The number of anilines is 1. The van der Waals surface area contributed by atoms with E-state index in [2.05, 4.69) is 29.3 Å². The number of nitrogen functional groups attached to an aromatic ring is 1. The van der Waals surface area contributed by atoms with Gasteiger partial charge >= 0.3 is 0 Å². The van der Waals surface area contributed by atoms with Gasteiger partial charge in [-0.2, -0.15) is 10.2 Å². The zero-order valence-corrected chi connectivity index (χ0v) is 11.8. The lowest BCUT2D eigenvalue weighted by atomic mass is 9.99. The fourth-order valence-corrected chi connectivity index (χ4v) is 2.38. The van der Waals surface area contributed by atoms with Gasteiger partial charge in [0, 0.05) is 20.3 Å². The Morgan fingerprint density at radius 2 is 1.80 bits per heavy atom. The smallest absolute Gasteiger partial charge is 0.129 e. The highest BCUT2D eigenvalue weighted by atomic mass is 15.3. The summed E-state index contributed by atoms with van der Waals surface area (Å²) in [6.45, 7) is 2.07. The molecule has 0 aliphatic carbocycles. The van der Waals surface area contributed by atoms with E-state index in [4.69, 9.17) is 5.73 Å². The van der Waals surface area contributed by atoms with Crippen molar-refractivity contribution in [1.82, 2.24) is 19.6 Å². The third-order valence-corrected chi connectivity index (χ3v) is 3.46. The van der Waals surface area contributed by atoms with Crippen LogP contribution in [-0.2, 0) is 14.1 Å². The van der Waals surface area contributed by atoms with Crippen molar-refractivity contribution in [2.24, 2.45) is 14.1 Å². The molecule has 2 aromatic heterocycles. The van der Waals surface area contributed by atoms with Gasteiger partial charge in [0.1, 0.15) is 17.2 Å². The average molecular weight is 267 g/mol. The van der Waals surface area contributed by atoms with Gasteiger partial charge < -0.3 is 5.73 Å². The fourth-order valence-electron chi connectivity index (χ4n) is 2.38. The summed E-state index contributed by atoms with van der Waals surface area (Å²) in [5.41, 5.74) is 11.1. The van der Waals surface area contributed by atoms with Crippen molar-refractivity contribution in [2.75, 3.05) is 5.73 Å². The minimum atomic E-state index is 0.653. The van der Waals surface area contributed by atoms with E-state index < -0.39 is 0 Å². The first-order valence-corrected chi connectivity index (χ1v) is 6.46. The molecule has 2 heterocycles. The van der Waals surface area contributed by atoms with Gasteiger partial charge in [-0.05, 0) is 24.1 Å². The van der Waals surface area contributed by atoms with Crippen molar-refractivity contribution in [3.05, 3.63) is 42.1 Å². The number of aryl methyl sites for hydroxylation is 3. The summed E-state index contributed by atoms with van der Waals surface area (Å²) in [5.74, 6) is 0.653. The van der Waals surface area contributed by atoms with Crippen LogP contribution in [0.1, 0.15) is 5.56 Å². The van der Waals surface area contributed by atoms with Crippen LogP contribution < -0.4 is 5.73 Å². The highest BCUT2D eigenvalue weighted by molar-refractivity contribution is 5.88. The number of rotatable bonds is 2. The van der Waals surface area contributed by atoms with Crippen LogP contribution in [0.4, 0.5) is 5.82 Å². The van der Waals surface area contributed by atoms with Crippen molar-refractivity contribution in [3.63, 3.8) is 0 Å². The summed E-state index contributed by atoms with van der Waals surface area (Å²) in [6.07, 6.45) is 1.90. The van der Waals surface area contributed by atoms with Gasteiger partial charge in [-0.1, -0.05) is 24.3 Å². The minimum absolute atomic E-state index is 0.653. The van der Waals surface area contributed by atoms with Crippen molar-refractivity contribution in [3.8, 4) is 22.5 Å². The van der Waals surface area contributed by atoms with Gasteiger partial charge in [0.15, 0.2) is 0 Å². The number of aromatic nitrogens is 4. The molecule has 0 radical (unpaired) electrons. The molecule has 5 heteroatoms. The molecule has 0 spiro atoms. The Bertz CT molecular complexity index is 766. The molecular weight excluding hydrogens is 250 g/mol. The molecule has 2 N–H and O–H groups in total. The molecule has 0 fully saturated rings. The maximum atomic E-state index is 6.21. The van der Waals surface area contributed by atoms with Crippen LogP contribution in [-0.4, -0.2) is 19.6 Å². The van der Waals surface area contributed by atoms with E-state index in [1.54, 1.807) is 9.36 Å². The summed E-state index contributed by atoms with van der Waals surface area (Å²) >= 11 is 0. The van der Waals surface area contributed by atoms with E-state index in [1.807, 2.05) is 38.5 Å².